The highest BCUT2D eigenvalue weighted by molar-refractivity contribution is 8.01. The number of thioether (sulfide) groups is 1. The van der Waals surface area contributed by atoms with Gasteiger partial charge in [0.2, 0.25) is 11.8 Å². The van der Waals surface area contributed by atoms with Crippen LogP contribution in [-0.2, 0) is 16.0 Å². The Kier molecular flexibility index (Phi) is 8.90. The second-order valence-corrected chi connectivity index (χ2v) is 7.56. The zero-order valence-electron chi connectivity index (χ0n) is 16.7. The lowest BCUT2D eigenvalue weighted by molar-refractivity contribution is -0.118. The average Bonchev–Trinajstić information content (AvgIpc) is 3.10. The summed E-state index contributed by atoms with van der Waals surface area (Å²) in [6.45, 7) is 0.739. The number of aryl methyl sites for hydroxylation is 1. The number of alkyl halides is 2. The molecule has 0 bridgehead atoms. The molecule has 2 aromatic rings. The Balaban J connectivity index is 1.73. The van der Waals surface area contributed by atoms with Gasteiger partial charge in [0, 0.05) is 12.6 Å². The molecule has 0 aliphatic carbocycles. The predicted molar refractivity (Wildman–Crippen MR) is 108 cm³/mol. The minimum absolute atomic E-state index is 0.0611. The lowest BCUT2D eigenvalue weighted by atomic mass is 10.1. The summed E-state index contributed by atoms with van der Waals surface area (Å²) in [5, 5.41) is 8.55. The fourth-order valence-electron chi connectivity index (χ4n) is 2.39. The van der Waals surface area contributed by atoms with Crippen molar-refractivity contribution < 1.29 is 32.4 Å². The Bertz CT molecular complexity index is 862. The monoisotopic (exact) mass is 443 g/mol. The molecule has 1 atom stereocenters. The number of ether oxygens (including phenoxy) is 2. The molecule has 30 heavy (non-hydrogen) atoms. The Morgan fingerprint density at radius 2 is 2.03 bits per heavy atom. The van der Waals surface area contributed by atoms with Gasteiger partial charge in [0.15, 0.2) is 17.3 Å². The van der Waals surface area contributed by atoms with Crippen LogP contribution in [0.3, 0.4) is 0 Å². The standard InChI is InChI=1S/C19H23F2N3O5S/c1-11-8-16(24-29-11)23-18(26)12(2)30-10-17(25)22-7-6-13-4-5-14(27-3)15(9-13)28-19(20)21/h4-5,8-9,12,19H,6-7,10H2,1-3H3,(H,22,25)(H,23,24,26). The molecule has 0 saturated carbocycles. The first-order valence-electron chi connectivity index (χ1n) is 9.02. The van der Waals surface area contributed by atoms with E-state index < -0.39 is 11.9 Å². The Labute approximate surface area is 176 Å². The van der Waals surface area contributed by atoms with Crippen LogP contribution in [0.25, 0.3) is 0 Å². The highest BCUT2D eigenvalue weighted by atomic mass is 32.2. The Morgan fingerprint density at radius 1 is 1.27 bits per heavy atom. The number of benzene rings is 1. The number of hydrogen-bond donors (Lipinski definition) is 2. The molecule has 164 valence electrons. The minimum Gasteiger partial charge on any atom is -0.493 e. The lowest BCUT2D eigenvalue weighted by Crippen LogP contribution is -2.30. The van der Waals surface area contributed by atoms with Gasteiger partial charge in [0.25, 0.3) is 0 Å². The smallest absolute Gasteiger partial charge is 0.387 e. The van der Waals surface area contributed by atoms with Crippen molar-refractivity contribution in [3.63, 3.8) is 0 Å². The molecule has 0 aliphatic rings. The number of nitrogens with zero attached hydrogens (tertiary/aromatic N) is 1. The summed E-state index contributed by atoms with van der Waals surface area (Å²) >= 11 is 1.18. The number of rotatable bonds is 11. The van der Waals surface area contributed by atoms with Gasteiger partial charge in [-0.25, -0.2) is 0 Å². The summed E-state index contributed by atoms with van der Waals surface area (Å²) in [6, 6.07) is 6.28. The van der Waals surface area contributed by atoms with Gasteiger partial charge in [-0.05, 0) is 38.0 Å². The maximum absolute atomic E-state index is 12.5. The van der Waals surface area contributed by atoms with Gasteiger partial charge in [-0.3, -0.25) is 9.59 Å². The van der Waals surface area contributed by atoms with E-state index in [-0.39, 0.29) is 29.1 Å². The normalized spacial score (nSPS) is 11.8. The molecule has 2 rings (SSSR count). The summed E-state index contributed by atoms with van der Waals surface area (Å²) in [4.78, 5) is 24.1. The van der Waals surface area contributed by atoms with E-state index in [2.05, 4.69) is 20.5 Å². The molecule has 0 spiro atoms. The van der Waals surface area contributed by atoms with Crippen LogP contribution >= 0.6 is 11.8 Å². The molecular formula is C19H23F2N3O5S. The zero-order chi connectivity index (χ0) is 22.1. The number of carbonyl (C=O) groups excluding carboxylic acids is 2. The van der Waals surface area contributed by atoms with Gasteiger partial charge in [-0.1, -0.05) is 11.2 Å². The summed E-state index contributed by atoms with van der Waals surface area (Å²) in [6.07, 6.45) is 0.418. The summed E-state index contributed by atoms with van der Waals surface area (Å²) in [5.74, 6) is 0.607. The zero-order valence-corrected chi connectivity index (χ0v) is 17.6. The van der Waals surface area contributed by atoms with E-state index in [1.54, 1.807) is 26.0 Å². The maximum Gasteiger partial charge on any atom is 0.387 e. The molecule has 2 amide bonds. The molecule has 0 saturated heterocycles. The SMILES string of the molecule is COc1ccc(CCNC(=O)CSC(C)C(=O)Nc2cc(C)on2)cc1OC(F)F. The molecule has 11 heteroatoms. The number of methoxy groups -OCH3 is 1. The predicted octanol–water partition coefficient (Wildman–Crippen LogP) is 3.01. The second-order valence-electron chi connectivity index (χ2n) is 6.23. The van der Waals surface area contributed by atoms with Crippen LogP contribution in [0.15, 0.2) is 28.8 Å². The maximum atomic E-state index is 12.5. The van der Waals surface area contributed by atoms with E-state index in [9.17, 15) is 18.4 Å². The van der Waals surface area contributed by atoms with Gasteiger partial charge in [0.1, 0.15) is 5.76 Å². The third kappa shape index (κ3) is 7.54. The van der Waals surface area contributed by atoms with Crippen LogP contribution in [-0.4, -0.2) is 48.2 Å². The van der Waals surface area contributed by atoms with Crippen LogP contribution in [0, 0.1) is 6.92 Å². The fraction of sp³-hybridized carbons (Fsp3) is 0.421. The quantitative estimate of drug-likeness (QED) is 0.550. The van der Waals surface area contributed by atoms with Crippen molar-refractivity contribution in [2.45, 2.75) is 32.1 Å². The van der Waals surface area contributed by atoms with Crippen LogP contribution in [0.5, 0.6) is 11.5 Å². The topological polar surface area (TPSA) is 103 Å². The molecule has 0 aliphatic heterocycles. The van der Waals surface area contributed by atoms with Gasteiger partial charge >= 0.3 is 6.61 Å². The van der Waals surface area contributed by atoms with Crippen LogP contribution in [0.4, 0.5) is 14.6 Å². The van der Waals surface area contributed by atoms with Gasteiger partial charge in [-0.2, -0.15) is 8.78 Å². The summed E-state index contributed by atoms with van der Waals surface area (Å²) < 4.78 is 39.3. The van der Waals surface area contributed by atoms with Crippen LogP contribution < -0.4 is 20.1 Å². The number of nitrogens with one attached hydrogen (secondary N) is 2. The molecule has 8 nitrogen and oxygen atoms in total. The van der Waals surface area contributed by atoms with Crippen LogP contribution in [0.2, 0.25) is 0 Å². The van der Waals surface area contributed by atoms with Crippen molar-refractivity contribution in [2.24, 2.45) is 0 Å². The van der Waals surface area contributed by atoms with Crippen molar-refractivity contribution in [1.82, 2.24) is 10.5 Å². The number of hydrogen-bond acceptors (Lipinski definition) is 7. The summed E-state index contributed by atoms with van der Waals surface area (Å²) in [5.41, 5.74) is 0.704. The van der Waals surface area contributed by atoms with Crippen molar-refractivity contribution in [2.75, 3.05) is 24.7 Å². The Hall–Kier alpha value is -2.82. The van der Waals surface area contributed by atoms with E-state index in [1.165, 1.54) is 31.0 Å². The summed E-state index contributed by atoms with van der Waals surface area (Å²) in [7, 11) is 1.36. The number of halogens is 2. The molecule has 2 N–H and O–H groups in total. The lowest BCUT2D eigenvalue weighted by Gasteiger charge is -2.12. The van der Waals surface area contributed by atoms with Gasteiger partial charge in [0.05, 0.1) is 18.1 Å². The number of carbonyl (C=O) groups is 2. The first kappa shape index (κ1) is 23.5. The van der Waals surface area contributed by atoms with E-state index >= 15 is 0 Å². The first-order valence-corrected chi connectivity index (χ1v) is 10.1. The Morgan fingerprint density at radius 3 is 2.67 bits per heavy atom. The van der Waals surface area contributed by atoms with E-state index in [1.807, 2.05) is 0 Å². The van der Waals surface area contributed by atoms with Crippen molar-refractivity contribution >= 4 is 29.4 Å². The average molecular weight is 443 g/mol. The molecule has 1 aromatic carbocycles. The van der Waals surface area contributed by atoms with Crippen LogP contribution in [0.1, 0.15) is 18.2 Å². The van der Waals surface area contributed by atoms with Crippen molar-refractivity contribution in [3.05, 3.63) is 35.6 Å². The fourth-order valence-corrected chi connectivity index (χ4v) is 3.11. The highest BCUT2D eigenvalue weighted by Gasteiger charge is 2.17. The largest absolute Gasteiger partial charge is 0.493 e. The third-order valence-corrected chi connectivity index (χ3v) is 5.04. The second kappa shape index (κ2) is 11.4. The minimum atomic E-state index is -2.96. The van der Waals surface area contributed by atoms with Gasteiger partial charge in [-0.15, -0.1) is 11.8 Å². The number of anilines is 1. The highest BCUT2D eigenvalue weighted by Crippen LogP contribution is 2.29. The molecule has 0 radical (unpaired) electrons. The molecule has 1 aromatic heterocycles. The molecule has 1 unspecified atom stereocenters. The van der Waals surface area contributed by atoms with Crippen molar-refractivity contribution in [3.8, 4) is 11.5 Å². The number of amides is 2. The molecule has 0 fully saturated rings. The molecular weight excluding hydrogens is 420 g/mol. The number of aromatic nitrogens is 1. The molecule has 1 heterocycles. The van der Waals surface area contributed by atoms with Crippen molar-refractivity contribution in [1.29, 1.82) is 0 Å². The van der Waals surface area contributed by atoms with E-state index in [4.69, 9.17) is 9.26 Å². The van der Waals surface area contributed by atoms with E-state index in [0.717, 1.165) is 0 Å². The van der Waals surface area contributed by atoms with E-state index in [0.29, 0.717) is 30.1 Å². The third-order valence-electron chi connectivity index (χ3n) is 3.89. The van der Waals surface area contributed by atoms with Gasteiger partial charge < -0.3 is 24.6 Å². The first-order chi connectivity index (χ1) is 14.3.